The van der Waals surface area contributed by atoms with E-state index in [2.05, 4.69) is 34.8 Å². The summed E-state index contributed by atoms with van der Waals surface area (Å²) < 4.78 is 117. The van der Waals surface area contributed by atoms with Gasteiger partial charge in [-0.15, -0.1) is 0 Å². The van der Waals surface area contributed by atoms with Crippen LogP contribution in [-0.4, -0.2) is 213 Å². The van der Waals surface area contributed by atoms with Crippen molar-refractivity contribution in [3.05, 3.63) is 65.5 Å². The molecule has 2 unspecified atom stereocenters. The second-order valence-corrected chi connectivity index (χ2v) is 23.3. The van der Waals surface area contributed by atoms with E-state index in [9.17, 15) is 37.0 Å². The Hall–Kier alpha value is -5.09. The molecule has 1 amide bonds. The number of amides is 1. The first-order chi connectivity index (χ1) is 42.1. The number of rotatable bonds is 39. The molecule has 20 nitrogen and oxygen atoms in total. The summed E-state index contributed by atoms with van der Waals surface area (Å²) in [6.07, 6.45) is 10.2. The molecular weight excluding hydrogens is 1140 g/mol. The molecule has 0 radical (unpaired) electrons. The number of likely N-dealkylation sites (tertiary alicyclic amines) is 1. The number of amidine groups is 2. The summed E-state index contributed by atoms with van der Waals surface area (Å²) in [6, 6.07) is 11.5. The van der Waals surface area contributed by atoms with Gasteiger partial charge in [0.15, 0.2) is 11.6 Å². The van der Waals surface area contributed by atoms with Gasteiger partial charge < -0.3 is 63.6 Å². The number of hydrazone groups is 1. The lowest BCUT2D eigenvalue weighted by atomic mass is 9.57. The van der Waals surface area contributed by atoms with E-state index in [4.69, 9.17) is 49.1 Å². The van der Waals surface area contributed by atoms with E-state index in [0.29, 0.717) is 127 Å². The first kappa shape index (κ1) is 69.4. The van der Waals surface area contributed by atoms with Crippen molar-refractivity contribution >= 4 is 35.5 Å². The minimum absolute atomic E-state index is 0.0549. The molecule has 2 aromatic rings. The smallest absolute Gasteiger partial charge is 0.313 e. The van der Waals surface area contributed by atoms with Gasteiger partial charge in [0.25, 0.3) is 0 Å². The van der Waals surface area contributed by atoms with Crippen LogP contribution in [0.3, 0.4) is 0 Å². The molecule has 3 saturated heterocycles. The van der Waals surface area contributed by atoms with Crippen molar-refractivity contribution in [1.82, 2.24) is 20.0 Å². The average molecular weight is 1230 g/mol. The van der Waals surface area contributed by atoms with E-state index in [-0.39, 0.29) is 93.8 Å². The lowest BCUT2D eigenvalue weighted by molar-refractivity contribution is -0.136. The van der Waals surface area contributed by atoms with Gasteiger partial charge in [0.2, 0.25) is 17.6 Å². The monoisotopic (exact) mass is 1230 g/mol. The van der Waals surface area contributed by atoms with Crippen molar-refractivity contribution < 1.29 is 74.2 Å². The fourth-order valence-electron chi connectivity index (χ4n) is 12.5. The number of halogens is 5. The van der Waals surface area contributed by atoms with E-state index < -0.39 is 35.1 Å². The molecule has 7 rings (SSSR count). The summed E-state index contributed by atoms with van der Waals surface area (Å²) in [7, 11) is 0. The van der Waals surface area contributed by atoms with Crippen LogP contribution < -0.4 is 15.9 Å². The van der Waals surface area contributed by atoms with Crippen LogP contribution >= 0.6 is 0 Å². The Labute approximate surface area is 508 Å². The number of piperidine rings is 2. The second-order valence-electron chi connectivity index (χ2n) is 23.3. The van der Waals surface area contributed by atoms with E-state index in [1.807, 2.05) is 37.3 Å². The zero-order valence-electron chi connectivity index (χ0n) is 50.5. The molecule has 1 spiro atoms. The van der Waals surface area contributed by atoms with Crippen LogP contribution in [0.5, 0.6) is 5.75 Å². The molecule has 2 aliphatic carbocycles. The van der Waals surface area contributed by atoms with Gasteiger partial charge in [0, 0.05) is 74.2 Å². The Morgan fingerprint density at radius 2 is 1.26 bits per heavy atom. The van der Waals surface area contributed by atoms with Gasteiger partial charge in [-0.25, -0.2) is 22.0 Å². The SMILES string of the molecule is CC(=N)N(C(=N)C1CC2(CCN(CCOCCOCCOCCOC/C(C=NCCOCCOCCOCCOCCC(=O)Oc3c(F)cc(F)cc3F)=N/N)CC2)C1)C1CC2CCC(C1)N2CC[C@H](NC(=O)C1CCC(F)(F)CC1)c1ccccc1. The molecule has 2 saturated carbocycles. The zero-order valence-corrected chi connectivity index (χ0v) is 50.5. The molecule has 5 N–H and O–H groups in total. The third kappa shape index (κ3) is 23.0. The molecule has 3 heterocycles. The van der Waals surface area contributed by atoms with Crippen LogP contribution in [0.2, 0.25) is 0 Å². The fourth-order valence-corrected chi connectivity index (χ4v) is 12.5. The second kappa shape index (κ2) is 36.5. The summed E-state index contributed by atoms with van der Waals surface area (Å²) in [5.74, 6) is -2.07. The number of aliphatic imine (C=N–C) groups is 1. The maximum absolute atomic E-state index is 13.9. The molecule has 5 aliphatic rings. The number of benzene rings is 2. The summed E-state index contributed by atoms with van der Waals surface area (Å²) in [4.78, 5) is 36.6. The number of nitrogens with one attached hydrogen (secondary N) is 3. The molecule has 3 atom stereocenters. The number of ether oxygens (including phenoxy) is 9. The van der Waals surface area contributed by atoms with Crippen LogP contribution in [0, 0.1) is 45.5 Å². The van der Waals surface area contributed by atoms with Crippen molar-refractivity contribution in [2.45, 2.75) is 127 Å². The van der Waals surface area contributed by atoms with Crippen LogP contribution in [0.25, 0.3) is 0 Å². The number of hydrogen-bond donors (Lipinski definition) is 4. The molecule has 0 aromatic heterocycles. The number of hydrogen-bond acceptors (Lipinski definition) is 18. The number of nitrogens with two attached hydrogens (primary N) is 1. The molecule has 2 aromatic carbocycles. The van der Waals surface area contributed by atoms with Gasteiger partial charge in [-0.2, -0.15) is 5.10 Å². The highest BCUT2D eigenvalue weighted by molar-refractivity contribution is 6.31. The Morgan fingerprint density at radius 3 is 1.83 bits per heavy atom. The normalized spacial score (nSPS) is 21.1. The van der Waals surface area contributed by atoms with Crippen molar-refractivity contribution in [1.29, 1.82) is 10.8 Å². The van der Waals surface area contributed by atoms with E-state index >= 15 is 0 Å². The standard InChI is InChI=1S/C62H92F5N9O11/c1-45(68)76(53-39-51-7-8-52(40-53)75(51)18-11-56(46-5-3-2-4-6-46)72-60(78)47-9-13-62(66,67)14-10-47)59(69)48-41-61(42-48)15-19-74(20-16-61)21-24-81-27-30-84-33-34-85-35-36-86-44-50(73-70)43-71-17-23-80-26-29-83-32-31-82-28-25-79-22-12-57(77)87-58-54(64)37-49(63)38-55(58)65/h2-6,37-38,43,47-48,51-53,56,68-69H,7-36,39-42,44,70H2,1H3,(H,72,78)/b68-45?,69-59?,71-43?,73-50+/t51?,52?,53?,56-/m0/s1. The maximum atomic E-state index is 13.9. The van der Waals surface area contributed by atoms with Crippen LogP contribution in [0.4, 0.5) is 22.0 Å². The highest BCUT2D eigenvalue weighted by atomic mass is 19.3. The van der Waals surface area contributed by atoms with Crippen molar-refractivity contribution in [2.75, 3.05) is 138 Å². The van der Waals surface area contributed by atoms with Gasteiger partial charge in [-0.05, 0) is 102 Å². The summed E-state index contributed by atoms with van der Waals surface area (Å²) in [6.45, 7) is 11.5. The first-order valence-corrected chi connectivity index (χ1v) is 31.0. The topological polar surface area (TPSA) is 237 Å². The van der Waals surface area contributed by atoms with Gasteiger partial charge in [0.1, 0.15) is 17.4 Å². The fraction of sp³-hybridized carbons (Fsp3) is 0.710. The Bertz CT molecular complexity index is 2440. The van der Waals surface area contributed by atoms with Gasteiger partial charge in [0.05, 0.1) is 131 Å². The van der Waals surface area contributed by atoms with Gasteiger partial charge >= 0.3 is 5.97 Å². The van der Waals surface area contributed by atoms with E-state index in [0.717, 1.165) is 89.5 Å². The average Bonchev–Trinajstić information content (AvgIpc) is 2.30. The Kier molecular flexibility index (Phi) is 29.1. The zero-order chi connectivity index (χ0) is 61.9. The predicted molar refractivity (Wildman–Crippen MR) is 317 cm³/mol. The number of fused-ring (bicyclic) bond motifs is 2. The number of alkyl halides is 2. The molecule has 25 heteroatoms. The van der Waals surface area contributed by atoms with Crippen molar-refractivity contribution in [3.8, 4) is 5.75 Å². The predicted octanol–water partition coefficient (Wildman–Crippen LogP) is 7.75. The first-order valence-electron chi connectivity index (χ1n) is 31.0. The molecule has 87 heavy (non-hydrogen) atoms. The van der Waals surface area contributed by atoms with E-state index in [1.165, 1.54) is 0 Å². The van der Waals surface area contributed by atoms with Crippen LogP contribution in [-0.2, 0) is 47.5 Å². The Balaban J connectivity index is 0.630. The molecule has 486 valence electrons. The minimum atomic E-state index is -2.68. The lowest BCUT2D eigenvalue weighted by Gasteiger charge is -2.54. The third-order valence-electron chi connectivity index (χ3n) is 17.2. The van der Waals surface area contributed by atoms with Crippen LogP contribution in [0.15, 0.2) is 52.6 Å². The summed E-state index contributed by atoms with van der Waals surface area (Å²) in [5, 5.41) is 25.3. The largest absolute Gasteiger partial charge is 0.420 e. The van der Waals surface area contributed by atoms with Crippen molar-refractivity contribution in [3.63, 3.8) is 0 Å². The number of nitrogens with zero attached hydrogens (tertiary/aromatic N) is 5. The molecule has 5 fully saturated rings. The van der Waals surface area contributed by atoms with Gasteiger partial charge in [-0.1, -0.05) is 30.3 Å². The van der Waals surface area contributed by atoms with Crippen LogP contribution in [0.1, 0.15) is 108 Å². The molecule has 3 aliphatic heterocycles. The lowest BCUT2D eigenvalue weighted by Crippen LogP contribution is -2.57. The highest BCUT2D eigenvalue weighted by Crippen LogP contribution is 2.54. The Morgan fingerprint density at radius 1 is 0.724 bits per heavy atom. The number of carbonyl (C=O) groups excluding carboxylic acids is 2. The highest BCUT2D eigenvalue weighted by Gasteiger charge is 2.50. The number of carbonyl (C=O) groups is 2. The minimum Gasteiger partial charge on any atom is -0.420 e. The summed E-state index contributed by atoms with van der Waals surface area (Å²) in [5.41, 5.74) is 1.78. The summed E-state index contributed by atoms with van der Waals surface area (Å²) >= 11 is 0. The molecule has 2 bridgehead atoms. The maximum Gasteiger partial charge on any atom is 0.313 e. The number of esters is 1. The quantitative estimate of drug-likeness (QED) is 0.00732. The molecular formula is C62H92F5N9O11. The van der Waals surface area contributed by atoms with E-state index in [1.54, 1.807) is 6.21 Å². The van der Waals surface area contributed by atoms with Gasteiger partial charge in [-0.3, -0.25) is 30.3 Å². The third-order valence-corrected chi connectivity index (χ3v) is 17.2. The van der Waals surface area contributed by atoms with Crippen molar-refractivity contribution in [2.24, 2.45) is 33.2 Å².